The van der Waals surface area contributed by atoms with E-state index < -0.39 is 9.84 Å². The molecule has 1 aliphatic carbocycles. The molecule has 3 atom stereocenters. The number of hydrogen-bond donors (Lipinski definition) is 2. The van der Waals surface area contributed by atoms with E-state index in [2.05, 4.69) is 22.5 Å². The van der Waals surface area contributed by atoms with Crippen LogP contribution in [-0.2, 0) is 16.4 Å². The lowest BCUT2D eigenvalue weighted by molar-refractivity contribution is 0.251. The summed E-state index contributed by atoms with van der Waals surface area (Å²) in [5, 5.41) is 5.14. The molecule has 1 saturated carbocycles. The van der Waals surface area contributed by atoms with E-state index in [9.17, 15) is 13.2 Å². The van der Waals surface area contributed by atoms with Crippen LogP contribution >= 0.6 is 0 Å². The first-order valence-electron chi connectivity index (χ1n) is 9.64. The summed E-state index contributed by atoms with van der Waals surface area (Å²) in [5.41, 5.74) is 1.45. The van der Waals surface area contributed by atoms with Crippen molar-refractivity contribution < 1.29 is 13.2 Å². The van der Waals surface area contributed by atoms with Gasteiger partial charge in [0.2, 0.25) is 0 Å². The van der Waals surface area contributed by atoms with Crippen LogP contribution in [0.4, 0.5) is 10.5 Å². The molecule has 1 aliphatic rings. The summed E-state index contributed by atoms with van der Waals surface area (Å²) >= 11 is 0. The van der Waals surface area contributed by atoms with Gasteiger partial charge < -0.3 is 10.6 Å². The molecule has 0 spiro atoms. The molecular weight excluding hydrogens is 374 g/mol. The fourth-order valence-corrected chi connectivity index (χ4v) is 5.90. The Labute approximate surface area is 166 Å². The Morgan fingerprint density at radius 2 is 1.89 bits per heavy atom. The maximum Gasteiger partial charge on any atom is 0.319 e. The highest BCUT2D eigenvalue weighted by Crippen LogP contribution is 2.35. The Morgan fingerprint density at radius 1 is 1.14 bits per heavy atom. The molecule has 0 saturated heterocycles. The largest absolute Gasteiger partial charge is 0.334 e. The van der Waals surface area contributed by atoms with E-state index in [1.807, 2.05) is 19.1 Å². The molecule has 1 heterocycles. The van der Waals surface area contributed by atoms with Gasteiger partial charge >= 0.3 is 6.03 Å². The molecule has 150 valence electrons. The van der Waals surface area contributed by atoms with Crippen LogP contribution in [0.25, 0.3) is 0 Å². The number of hydrogen-bond acceptors (Lipinski definition) is 4. The van der Waals surface area contributed by atoms with Crippen molar-refractivity contribution in [2.75, 3.05) is 5.32 Å². The van der Waals surface area contributed by atoms with Gasteiger partial charge in [-0.1, -0.05) is 19.9 Å². The van der Waals surface area contributed by atoms with Crippen LogP contribution in [0.3, 0.4) is 0 Å². The van der Waals surface area contributed by atoms with Crippen LogP contribution in [0.5, 0.6) is 0 Å². The van der Waals surface area contributed by atoms with Crippen molar-refractivity contribution in [1.29, 1.82) is 0 Å². The van der Waals surface area contributed by atoms with Crippen LogP contribution in [0.15, 0.2) is 53.7 Å². The summed E-state index contributed by atoms with van der Waals surface area (Å²) in [6.07, 6.45) is 5.97. The van der Waals surface area contributed by atoms with E-state index >= 15 is 0 Å². The number of nitrogens with one attached hydrogen (secondary N) is 2. The molecule has 1 aromatic carbocycles. The average molecular weight is 402 g/mol. The van der Waals surface area contributed by atoms with E-state index in [0.717, 1.165) is 18.4 Å². The zero-order chi connectivity index (χ0) is 20.1. The van der Waals surface area contributed by atoms with E-state index in [1.54, 1.807) is 36.7 Å². The monoisotopic (exact) mass is 401 g/mol. The van der Waals surface area contributed by atoms with Crippen molar-refractivity contribution in [3.8, 4) is 0 Å². The molecule has 2 N–H and O–H groups in total. The molecule has 0 aliphatic heterocycles. The highest BCUT2D eigenvalue weighted by Gasteiger charge is 2.36. The number of urea groups is 1. The van der Waals surface area contributed by atoms with Gasteiger partial charge in [-0.25, -0.2) is 13.2 Å². The van der Waals surface area contributed by atoms with E-state index in [1.165, 1.54) is 0 Å². The average Bonchev–Trinajstić information content (AvgIpc) is 2.67. The standard InChI is InChI=1S/C21H27N3O3S/c1-15-5-10-20(16(2)12-15)28(26,27)19-8-6-18(7-9-19)24-21(25)23-14-17-4-3-11-22-13-17/h3-4,6-9,11,13,15-16,20H,5,10,12,14H2,1-2H3,(H2,23,24,25). The summed E-state index contributed by atoms with van der Waals surface area (Å²) in [6, 6.07) is 9.75. The summed E-state index contributed by atoms with van der Waals surface area (Å²) < 4.78 is 26.0. The van der Waals surface area contributed by atoms with Gasteiger partial charge in [0.1, 0.15) is 0 Å². The van der Waals surface area contributed by atoms with Crippen molar-refractivity contribution in [3.05, 3.63) is 54.4 Å². The predicted octanol–water partition coefficient (Wildman–Crippen LogP) is 4.00. The van der Waals surface area contributed by atoms with Crippen molar-refractivity contribution in [2.24, 2.45) is 11.8 Å². The van der Waals surface area contributed by atoms with Crippen molar-refractivity contribution in [1.82, 2.24) is 10.3 Å². The van der Waals surface area contributed by atoms with Gasteiger partial charge in [0.25, 0.3) is 0 Å². The second-order valence-corrected chi connectivity index (χ2v) is 9.84. The maximum absolute atomic E-state index is 13.0. The molecule has 0 radical (unpaired) electrons. The second kappa shape index (κ2) is 8.73. The summed E-state index contributed by atoms with van der Waals surface area (Å²) in [6.45, 7) is 4.57. The molecule has 7 heteroatoms. The summed E-state index contributed by atoms with van der Waals surface area (Å²) in [7, 11) is -3.36. The van der Waals surface area contributed by atoms with Gasteiger partial charge in [0.05, 0.1) is 10.1 Å². The van der Waals surface area contributed by atoms with Gasteiger partial charge in [-0.3, -0.25) is 4.98 Å². The highest BCUT2D eigenvalue weighted by atomic mass is 32.2. The quantitative estimate of drug-likeness (QED) is 0.792. The first kappa shape index (κ1) is 20.3. The van der Waals surface area contributed by atoms with Crippen LogP contribution < -0.4 is 10.6 Å². The number of benzene rings is 1. The molecule has 1 aromatic heterocycles. The smallest absolute Gasteiger partial charge is 0.319 e. The van der Waals surface area contributed by atoms with Crippen LogP contribution in [0.1, 0.15) is 38.7 Å². The van der Waals surface area contributed by atoms with Crippen LogP contribution in [0, 0.1) is 11.8 Å². The molecule has 28 heavy (non-hydrogen) atoms. The number of amides is 2. The van der Waals surface area contributed by atoms with E-state index in [4.69, 9.17) is 0 Å². The van der Waals surface area contributed by atoms with Gasteiger partial charge in [-0.2, -0.15) is 0 Å². The Morgan fingerprint density at radius 3 is 2.54 bits per heavy atom. The van der Waals surface area contributed by atoms with E-state index in [0.29, 0.717) is 29.5 Å². The number of nitrogens with zero attached hydrogens (tertiary/aromatic N) is 1. The number of rotatable bonds is 5. The highest BCUT2D eigenvalue weighted by molar-refractivity contribution is 7.92. The number of anilines is 1. The van der Waals surface area contributed by atoms with Crippen molar-refractivity contribution in [2.45, 2.75) is 49.8 Å². The van der Waals surface area contributed by atoms with Gasteiger partial charge in [-0.15, -0.1) is 0 Å². The molecule has 6 nitrogen and oxygen atoms in total. The number of pyridine rings is 1. The lowest BCUT2D eigenvalue weighted by Gasteiger charge is -2.32. The fourth-order valence-electron chi connectivity index (χ4n) is 3.86. The lowest BCUT2D eigenvalue weighted by Crippen LogP contribution is -2.33. The van der Waals surface area contributed by atoms with Crippen molar-refractivity contribution >= 4 is 21.6 Å². The van der Waals surface area contributed by atoms with Crippen LogP contribution in [0.2, 0.25) is 0 Å². The topological polar surface area (TPSA) is 88.2 Å². The molecule has 2 aromatic rings. The first-order valence-corrected chi connectivity index (χ1v) is 11.2. The lowest BCUT2D eigenvalue weighted by atomic mass is 9.83. The second-order valence-electron chi connectivity index (χ2n) is 7.67. The molecule has 3 rings (SSSR count). The first-order chi connectivity index (χ1) is 13.4. The molecule has 0 bridgehead atoms. The zero-order valence-corrected chi connectivity index (χ0v) is 17.1. The molecule has 1 fully saturated rings. The third-order valence-corrected chi connectivity index (χ3v) is 7.79. The minimum atomic E-state index is -3.36. The van der Waals surface area contributed by atoms with Gasteiger partial charge in [0, 0.05) is 24.6 Å². The normalized spacial score (nSPS) is 22.4. The SMILES string of the molecule is CC1CCC(S(=O)(=O)c2ccc(NC(=O)NCc3cccnc3)cc2)C(C)C1. The fraction of sp³-hybridized carbons (Fsp3) is 0.429. The van der Waals surface area contributed by atoms with Crippen molar-refractivity contribution in [3.63, 3.8) is 0 Å². The Balaban J connectivity index is 1.60. The minimum Gasteiger partial charge on any atom is -0.334 e. The number of sulfone groups is 1. The van der Waals surface area contributed by atoms with Crippen LogP contribution in [-0.4, -0.2) is 24.7 Å². The molecular formula is C21H27N3O3S. The molecule has 2 amide bonds. The maximum atomic E-state index is 13.0. The van der Waals surface area contributed by atoms with Gasteiger partial charge in [0.15, 0.2) is 9.84 Å². The predicted molar refractivity (Wildman–Crippen MR) is 110 cm³/mol. The number of carbonyl (C=O) groups excluding carboxylic acids is 1. The molecule has 3 unspecified atom stereocenters. The third-order valence-electron chi connectivity index (χ3n) is 5.37. The summed E-state index contributed by atoms with van der Waals surface area (Å²) in [5.74, 6) is 0.739. The Hall–Kier alpha value is -2.41. The Bertz CT molecular complexity index is 898. The third kappa shape index (κ3) is 4.90. The Kier molecular flexibility index (Phi) is 6.34. The minimum absolute atomic E-state index is 0.157. The van der Waals surface area contributed by atoms with Gasteiger partial charge in [-0.05, 0) is 67.0 Å². The zero-order valence-electron chi connectivity index (χ0n) is 16.3. The number of carbonyl (C=O) groups is 1. The number of aromatic nitrogens is 1. The summed E-state index contributed by atoms with van der Waals surface area (Å²) in [4.78, 5) is 16.3. The van der Waals surface area contributed by atoms with E-state index in [-0.39, 0.29) is 17.2 Å².